The number of nitrogens with zero attached hydrogens (tertiary/aromatic N) is 1. The second kappa shape index (κ2) is 5.72. The normalized spacial score (nSPS) is 22.6. The Bertz CT molecular complexity index is 795. The molecule has 5 heteroatoms. The summed E-state index contributed by atoms with van der Waals surface area (Å²) in [5.41, 5.74) is 7.48. The molecule has 0 spiro atoms. The molecular weight excluding hydrogens is 304 g/mol. The van der Waals surface area contributed by atoms with Gasteiger partial charge in [0.25, 0.3) is 0 Å². The summed E-state index contributed by atoms with van der Waals surface area (Å²) in [5, 5.41) is 9.55. The zero-order valence-corrected chi connectivity index (χ0v) is 14.1. The van der Waals surface area contributed by atoms with Gasteiger partial charge in [0.2, 0.25) is 5.88 Å². The van der Waals surface area contributed by atoms with Crippen LogP contribution in [-0.4, -0.2) is 12.9 Å². The van der Waals surface area contributed by atoms with Crippen LogP contribution in [-0.2, 0) is 9.53 Å². The minimum absolute atomic E-state index is 0.0160. The molecule has 1 aliphatic heterocycles. The Kier molecular flexibility index (Phi) is 3.84. The summed E-state index contributed by atoms with van der Waals surface area (Å²) in [7, 11) is 1.59. The van der Waals surface area contributed by atoms with Crippen LogP contribution in [0.5, 0.6) is 5.75 Å². The van der Waals surface area contributed by atoms with E-state index >= 15 is 0 Å². The van der Waals surface area contributed by atoms with Crippen LogP contribution in [0.15, 0.2) is 47.1 Å². The number of rotatable bonds is 2. The molecule has 0 saturated heterocycles. The van der Waals surface area contributed by atoms with Crippen molar-refractivity contribution in [3.63, 3.8) is 0 Å². The maximum Gasteiger partial charge on any atom is 0.205 e. The van der Waals surface area contributed by atoms with Gasteiger partial charge in [-0.25, -0.2) is 0 Å². The molecule has 1 heterocycles. The smallest absolute Gasteiger partial charge is 0.205 e. The van der Waals surface area contributed by atoms with Crippen molar-refractivity contribution >= 4 is 5.78 Å². The standard InChI is InChI=1S/C19H20N2O3/c1-19(2)8-14(22)17-15(9-19)24-18(21)13(10-20)16(17)11-4-6-12(23-3)7-5-11/h4-7,16H,8-9,21H2,1-3H3/t16-/m1/s1. The molecule has 3 rings (SSSR count). The Morgan fingerprint density at radius 3 is 2.54 bits per heavy atom. The Balaban J connectivity index is 2.14. The number of nitriles is 1. The van der Waals surface area contributed by atoms with Crippen molar-refractivity contribution in [2.45, 2.75) is 32.6 Å². The highest BCUT2D eigenvalue weighted by Crippen LogP contribution is 2.47. The summed E-state index contributed by atoms with van der Waals surface area (Å²) < 4.78 is 10.8. The molecule has 2 aliphatic rings. The Labute approximate surface area is 141 Å². The van der Waals surface area contributed by atoms with Crippen LogP contribution in [0.2, 0.25) is 0 Å². The average Bonchev–Trinajstić information content (AvgIpc) is 2.52. The molecule has 0 unspecified atom stereocenters. The summed E-state index contributed by atoms with van der Waals surface area (Å²) in [4.78, 5) is 12.8. The van der Waals surface area contributed by atoms with E-state index in [1.54, 1.807) is 7.11 Å². The third-order valence-corrected chi connectivity index (χ3v) is 4.52. The van der Waals surface area contributed by atoms with Gasteiger partial charge in [-0.05, 0) is 23.1 Å². The van der Waals surface area contributed by atoms with Crippen molar-refractivity contribution in [1.82, 2.24) is 0 Å². The number of ether oxygens (including phenoxy) is 2. The van der Waals surface area contributed by atoms with E-state index < -0.39 is 5.92 Å². The highest BCUT2D eigenvalue weighted by Gasteiger charge is 2.42. The summed E-state index contributed by atoms with van der Waals surface area (Å²) in [6, 6.07) is 9.46. The minimum atomic E-state index is -0.478. The summed E-state index contributed by atoms with van der Waals surface area (Å²) >= 11 is 0. The molecule has 0 bridgehead atoms. The lowest BCUT2D eigenvalue weighted by Gasteiger charge is -2.37. The topological polar surface area (TPSA) is 85.3 Å². The SMILES string of the molecule is COc1ccc([C@@H]2C(C#N)=C(N)OC3=C2C(=O)CC(C)(C)C3)cc1. The first-order valence-corrected chi connectivity index (χ1v) is 7.84. The number of Topliss-reactive ketones (excluding diaryl/α,β-unsaturated/α-hetero) is 1. The monoisotopic (exact) mass is 324 g/mol. The minimum Gasteiger partial charge on any atom is -0.497 e. The number of nitrogens with two attached hydrogens (primary N) is 1. The van der Waals surface area contributed by atoms with E-state index in [0.717, 1.165) is 5.56 Å². The van der Waals surface area contributed by atoms with E-state index in [1.807, 2.05) is 38.1 Å². The number of hydrogen-bond acceptors (Lipinski definition) is 5. The van der Waals surface area contributed by atoms with Crippen molar-refractivity contribution in [1.29, 1.82) is 5.26 Å². The van der Waals surface area contributed by atoms with Gasteiger partial charge < -0.3 is 15.2 Å². The first kappa shape index (κ1) is 16.1. The number of allylic oxidation sites excluding steroid dienone is 3. The number of ketones is 1. The summed E-state index contributed by atoms with van der Waals surface area (Å²) in [6.45, 7) is 4.06. The highest BCUT2D eigenvalue weighted by molar-refractivity contribution is 6.00. The van der Waals surface area contributed by atoms with Gasteiger partial charge in [0, 0.05) is 18.4 Å². The molecule has 0 fully saturated rings. The van der Waals surface area contributed by atoms with Gasteiger partial charge in [0.1, 0.15) is 23.2 Å². The lowest BCUT2D eigenvalue weighted by atomic mass is 9.70. The number of methoxy groups -OCH3 is 1. The van der Waals surface area contributed by atoms with Gasteiger partial charge in [-0.1, -0.05) is 26.0 Å². The van der Waals surface area contributed by atoms with Gasteiger partial charge in [-0.15, -0.1) is 0 Å². The molecule has 124 valence electrons. The van der Waals surface area contributed by atoms with Crippen molar-refractivity contribution < 1.29 is 14.3 Å². The molecule has 0 amide bonds. The van der Waals surface area contributed by atoms with Gasteiger partial charge >= 0.3 is 0 Å². The molecule has 1 aromatic rings. The Morgan fingerprint density at radius 2 is 1.96 bits per heavy atom. The lowest BCUT2D eigenvalue weighted by molar-refractivity contribution is -0.119. The van der Waals surface area contributed by atoms with E-state index in [9.17, 15) is 10.1 Å². The molecule has 1 atom stereocenters. The molecular formula is C19H20N2O3. The van der Waals surface area contributed by atoms with Crippen molar-refractivity contribution in [2.75, 3.05) is 7.11 Å². The van der Waals surface area contributed by atoms with E-state index in [2.05, 4.69) is 6.07 Å². The van der Waals surface area contributed by atoms with Crippen LogP contribution in [0, 0.1) is 16.7 Å². The van der Waals surface area contributed by atoms with Crippen LogP contribution in [0.4, 0.5) is 0 Å². The Morgan fingerprint density at radius 1 is 1.29 bits per heavy atom. The maximum absolute atomic E-state index is 12.8. The van der Waals surface area contributed by atoms with Gasteiger partial charge in [-0.2, -0.15) is 5.26 Å². The molecule has 0 aromatic heterocycles. The van der Waals surface area contributed by atoms with E-state index in [0.29, 0.717) is 29.9 Å². The molecule has 5 nitrogen and oxygen atoms in total. The molecule has 0 radical (unpaired) electrons. The van der Waals surface area contributed by atoms with Crippen molar-refractivity contribution in [2.24, 2.45) is 11.1 Å². The number of carbonyl (C=O) groups excluding carboxylic acids is 1. The van der Waals surface area contributed by atoms with Crippen LogP contribution in [0.25, 0.3) is 0 Å². The molecule has 0 saturated carbocycles. The van der Waals surface area contributed by atoms with Crippen LogP contribution >= 0.6 is 0 Å². The van der Waals surface area contributed by atoms with Crippen molar-refractivity contribution in [3.8, 4) is 11.8 Å². The van der Waals surface area contributed by atoms with Crippen LogP contribution in [0.3, 0.4) is 0 Å². The van der Waals surface area contributed by atoms with Crippen LogP contribution < -0.4 is 10.5 Å². The number of carbonyl (C=O) groups is 1. The first-order valence-electron chi connectivity index (χ1n) is 7.84. The molecule has 1 aromatic carbocycles. The fourth-order valence-electron chi connectivity index (χ4n) is 3.41. The maximum atomic E-state index is 12.8. The molecule has 1 aliphatic carbocycles. The number of hydrogen-bond donors (Lipinski definition) is 1. The predicted octanol–water partition coefficient (Wildman–Crippen LogP) is 3.15. The van der Waals surface area contributed by atoms with E-state index in [1.165, 1.54) is 0 Å². The van der Waals surface area contributed by atoms with Gasteiger partial charge in [0.05, 0.1) is 13.0 Å². The van der Waals surface area contributed by atoms with Gasteiger partial charge in [-0.3, -0.25) is 4.79 Å². The fourth-order valence-corrected chi connectivity index (χ4v) is 3.41. The van der Waals surface area contributed by atoms with E-state index in [-0.39, 0.29) is 22.7 Å². The second-order valence-electron chi connectivity index (χ2n) is 6.98. The third-order valence-electron chi connectivity index (χ3n) is 4.52. The Hall–Kier alpha value is -2.74. The lowest BCUT2D eigenvalue weighted by Crippen LogP contribution is -2.33. The summed E-state index contributed by atoms with van der Waals surface area (Å²) in [6.07, 6.45) is 1.06. The fraction of sp³-hybridized carbons (Fsp3) is 0.368. The van der Waals surface area contributed by atoms with Crippen LogP contribution in [0.1, 0.15) is 38.2 Å². The quantitative estimate of drug-likeness (QED) is 0.903. The zero-order chi connectivity index (χ0) is 17.5. The first-order chi connectivity index (χ1) is 11.4. The highest BCUT2D eigenvalue weighted by atomic mass is 16.5. The number of benzene rings is 1. The second-order valence-corrected chi connectivity index (χ2v) is 6.98. The van der Waals surface area contributed by atoms with E-state index in [4.69, 9.17) is 15.2 Å². The third kappa shape index (κ3) is 2.65. The van der Waals surface area contributed by atoms with Gasteiger partial charge in [0.15, 0.2) is 5.78 Å². The van der Waals surface area contributed by atoms with Crippen molar-refractivity contribution in [3.05, 3.63) is 52.6 Å². The molecule has 24 heavy (non-hydrogen) atoms. The summed E-state index contributed by atoms with van der Waals surface area (Å²) in [5.74, 6) is 0.929. The average molecular weight is 324 g/mol. The molecule has 2 N–H and O–H groups in total. The predicted molar refractivity (Wildman–Crippen MR) is 88.7 cm³/mol. The zero-order valence-electron chi connectivity index (χ0n) is 14.1. The largest absolute Gasteiger partial charge is 0.497 e.